The Balaban J connectivity index is 2.75. The van der Waals surface area contributed by atoms with Crippen molar-refractivity contribution in [2.24, 2.45) is 0 Å². The van der Waals surface area contributed by atoms with E-state index in [1.165, 1.54) is 6.07 Å². The standard InChI is InChI=1S/C13H13N3O4/c1-3-12-14-4-5-15(12)10-6-9(13(17)18)7-11(8(10)2)16(19)20/h4-7H,3H2,1-2H3,(H,17,18). The number of benzene rings is 1. The van der Waals surface area contributed by atoms with E-state index < -0.39 is 10.9 Å². The van der Waals surface area contributed by atoms with E-state index in [0.717, 1.165) is 6.07 Å². The van der Waals surface area contributed by atoms with Crippen LogP contribution in [-0.2, 0) is 6.42 Å². The molecule has 0 aliphatic heterocycles. The molecule has 0 saturated carbocycles. The van der Waals surface area contributed by atoms with Crippen molar-refractivity contribution in [3.05, 3.63) is 51.6 Å². The Kier molecular flexibility index (Phi) is 3.51. The van der Waals surface area contributed by atoms with Gasteiger partial charge in [-0.2, -0.15) is 0 Å². The first kappa shape index (κ1) is 13.7. The second-order valence-electron chi connectivity index (χ2n) is 4.27. The number of carboxylic acid groups (broad SMARTS) is 1. The maximum Gasteiger partial charge on any atom is 0.336 e. The lowest BCUT2D eigenvalue weighted by atomic mass is 10.1. The van der Waals surface area contributed by atoms with Gasteiger partial charge in [0.25, 0.3) is 5.69 Å². The summed E-state index contributed by atoms with van der Waals surface area (Å²) >= 11 is 0. The highest BCUT2D eigenvalue weighted by molar-refractivity contribution is 5.89. The molecule has 0 fully saturated rings. The Hall–Kier alpha value is -2.70. The number of nitro groups is 1. The summed E-state index contributed by atoms with van der Waals surface area (Å²) < 4.78 is 1.68. The van der Waals surface area contributed by atoms with E-state index in [1.807, 2.05) is 6.92 Å². The summed E-state index contributed by atoms with van der Waals surface area (Å²) in [6.45, 7) is 3.50. The summed E-state index contributed by atoms with van der Waals surface area (Å²) in [6.07, 6.45) is 3.88. The monoisotopic (exact) mass is 275 g/mol. The molecule has 0 aliphatic carbocycles. The Morgan fingerprint density at radius 2 is 2.20 bits per heavy atom. The van der Waals surface area contributed by atoms with Crippen LogP contribution in [0.25, 0.3) is 5.69 Å². The van der Waals surface area contributed by atoms with Crippen molar-refractivity contribution in [3.8, 4) is 5.69 Å². The summed E-state index contributed by atoms with van der Waals surface area (Å²) in [5, 5.41) is 20.1. The molecule has 7 nitrogen and oxygen atoms in total. The molecular formula is C13H13N3O4. The fourth-order valence-corrected chi connectivity index (χ4v) is 2.06. The first-order valence-electron chi connectivity index (χ1n) is 6.00. The number of aromatic carboxylic acids is 1. The van der Waals surface area contributed by atoms with Gasteiger partial charge in [-0.05, 0) is 13.0 Å². The molecule has 0 spiro atoms. The fourth-order valence-electron chi connectivity index (χ4n) is 2.06. The highest BCUT2D eigenvalue weighted by Crippen LogP contribution is 2.27. The Labute approximate surface area is 114 Å². The van der Waals surface area contributed by atoms with Gasteiger partial charge in [0.05, 0.1) is 21.7 Å². The van der Waals surface area contributed by atoms with Crippen LogP contribution in [0.3, 0.4) is 0 Å². The molecule has 7 heteroatoms. The van der Waals surface area contributed by atoms with Crippen molar-refractivity contribution in [1.29, 1.82) is 0 Å². The Morgan fingerprint density at radius 3 is 2.75 bits per heavy atom. The van der Waals surface area contributed by atoms with Crippen LogP contribution in [0.1, 0.15) is 28.7 Å². The van der Waals surface area contributed by atoms with Crippen LogP contribution < -0.4 is 0 Å². The fraction of sp³-hybridized carbons (Fsp3) is 0.231. The van der Waals surface area contributed by atoms with E-state index in [1.54, 1.807) is 23.9 Å². The van der Waals surface area contributed by atoms with Gasteiger partial charge < -0.3 is 9.67 Å². The van der Waals surface area contributed by atoms with E-state index in [-0.39, 0.29) is 11.3 Å². The van der Waals surface area contributed by atoms with E-state index in [2.05, 4.69) is 4.98 Å². The maximum absolute atomic E-state index is 11.1. The zero-order valence-corrected chi connectivity index (χ0v) is 11.0. The van der Waals surface area contributed by atoms with Crippen molar-refractivity contribution in [2.45, 2.75) is 20.3 Å². The molecule has 20 heavy (non-hydrogen) atoms. The van der Waals surface area contributed by atoms with Gasteiger partial charge in [-0.3, -0.25) is 10.1 Å². The predicted molar refractivity (Wildman–Crippen MR) is 71.3 cm³/mol. The van der Waals surface area contributed by atoms with Gasteiger partial charge in [0, 0.05) is 24.9 Å². The Bertz CT molecular complexity index is 691. The van der Waals surface area contributed by atoms with Crippen molar-refractivity contribution >= 4 is 11.7 Å². The van der Waals surface area contributed by atoms with Crippen molar-refractivity contribution in [1.82, 2.24) is 9.55 Å². The number of rotatable bonds is 4. The van der Waals surface area contributed by atoms with Gasteiger partial charge in [-0.1, -0.05) is 6.92 Å². The highest BCUT2D eigenvalue weighted by atomic mass is 16.6. The maximum atomic E-state index is 11.1. The third kappa shape index (κ3) is 2.25. The van der Waals surface area contributed by atoms with Crippen molar-refractivity contribution < 1.29 is 14.8 Å². The predicted octanol–water partition coefficient (Wildman–Crippen LogP) is 2.35. The number of nitrogens with zero attached hydrogens (tertiary/aromatic N) is 3. The first-order chi connectivity index (χ1) is 9.45. The van der Waals surface area contributed by atoms with Gasteiger partial charge >= 0.3 is 5.97 Å². The average Bonchev–Trinajstić information content (AvgIpc) is 2.86. The molecule has 1 heterocycles. The molecule has 0 bridgehead atoms. The second-order valence-corrected chi connectivity index (χ2v) is 4.27. The number of carboxylic acids is 1. The van der Waals surface area contributed by atoms with E-state index in [4.69, 9.17) is 5.11 Å². The normalized spacial score (nSPS) is 10.5. The van der Waals surface area contributed by atoms with Crippen LogP contribution in [0.2, 0.25) is 0 Å². The van der Waals surface area contributed by atoms with E-state index >= 15 is 0 Å². The van der Waals surface area contributed by atoms with Crippen LogP contribution in [0.4, 0.5) is 5.69 Å². The van der Waals surface area contributed by atoms with Crippen molar-refractivity contribution in [2.75, 3.05) is 0 Å². The van der Waals surface area contributed by atoms with Crippen LogP contribution in [0.15, 0.2) is 24.5 Å². The smallest absolute Gasteiger partial charge is 0.336 e. The molecule has 0 aliphatic rings. The lowest BCUT2D eigenvalue weighted by molar-refractivity contribution is -0.385. The molecule has 1 N–H and O–H groups in total. The third-order valence-corrected chi connectivity index (χ3v) is 3.09. The summed E-state index contributed by atoms with van der Waals surface area (Å²) in [5.74, 6) is -0.488. The number of carbonyl (C=O) groups is 1. The lowest BCUT2D eigenvalue weighted by Crippen LogP contribution is -2.07. The average molecular weight is 275 g/mol. The minimum atomic E-state index is -1.20. The molecule has 2 aromatic rings. The summed E-state index contributed by atoms with van der Waals surface area (Å²) in [5.41, 5.74) is 0.544. The molecule has 0 radical (unpaired) electrons. The second kappa shape index (κ2) is 5.12. The summed E-state index contributed by atoms with van der Waals surface area (Å²) in [6, 6.07) is 2.50. The molecule has 0 atom stereocenters. The zero-order valence-electron chi connectivity index (χ0n) is 11.0. The molecule has 1 aromatic heterocycles. The number of aryl methyl sites for hydroxylation is 1. The van der Waals surface area contributed by atoms with Crippen LogP contribution in [0, 0.1) is 17.0 Å². The van der Waals surface area contributed by atoms with Gasteiger partial charge in [0.2, 0.25) is 0 Å². The minimum absolute atomic E-state index is 0.118. The molecule has 0 saturated heterocycles. The van der Waals surface area contributed by atoms with Crippen molar-refractivity contribution in [3.63, 3.8) is 0 Å². The Morgan fingerprint density at radius 1 is 1.50 bits per heavy atom. The van der Waals surface area contributed by atoms with Crippen LogP contribution in [0.5, 0.6) is 0 Å². The van der Waals surface area contributed by atoms with Gasteiger partial charge in [0.1, 0.15) is 5.82 Å². The largest absolute Gasteiger partial charge is 0.478 e. The molecule has 0 amide bonds. The minimum Gasteiger partial charge on any atom is -0.478 e. The summed E-state index contributed by atoms with van der Waals surface area (Å²) in [4.78, 5) is 25.7. The first-order valence-corrected chi connectivity index (χ1v) is 6.00. The third-order valence-electron chi connectivity index (χ3n) is 3.09. The van der Waals surface area contributed by atoms with Crippen LogP contribution in [-0.4, -0.2) is 25.6 Å². The number of imidazole rings is 1. The van der Waals surface area contributed by atoms with Crippen LogP contribution >= 0.6 is 0 Å². The van der Waals surface area contributed by atoms with E-state index in [0.29, 0.717) is 23.5 Å². The number of hydrogen-bond donors (Lipinski definition) is 1. The molecule has 104 valence electrons. The van der Waals surface area contributed by atoms with Gasteiger partial charge in [-0.25, -0.2) is 9.78 Å². The molecule has 2 rings (SSSR count). The molecule has 0 unspecified atom stereocenters. The SMILES string of the molecule is CCc1nccn1-c1cc(C(=O)O)cc([N+](=O)[O-])c1C. The van der Waals surface area contributed by atoms with E-state index in [9.17, 15) is 14.9 Å². The molecule has 1 aromatic carbocycles. The number of nitro benzene ring substituents is 1. The van der Waals surface area contributed by atoms with Gasteiger partial charge in [0.15, 0.2) is 0 Å². The topological polar surface area (TPSA) is 98.3 Å². The molecular weight excluding hydrogens is 262 g/mol. The highest BCUT2D eigenvalue weighted by Gasteiger charge is 2.20. The van der Waals surface area contributed by atoms with Gasteiger partial charge in [-0.15, -0.1) is 0 Å². The number of aromatic nitrogens is 2. The zero-order chi connectivity index (χ0) is 14.9. The summed E-state index contributed by atoms with van der Waals surface area (Å²) in [7, 11) is 0. The quantitative estimate of drug-likeness (QED) is 0.682. The number of hydrogen-bond acceptors (Lipinski definition) is 4. The lowest BCUT2D eigenvalue weighted by Gasteiger charge is -2.11.